The van der Waals surface area contributed by atoms with Crippen molar-refractivity contribution in [2.75, 3.05) is 26.2 Å². The molecule has 0 unspecified atom stereocenters. The van der Waals surface area contributed by atoms with Gasteiger partial charge in [0.15, 0.2) is 5.82 Å². The first kappa shape index (κ1) is 16.7. The fourth-order valence-corrected chi connectivity index (χ4v) is 3.54. The van der Waals surface area contributed by atoms with E-state index >= 15 is 0 Å². The van der Waals surface area contributed by atoms with Gasteiger partial charge in [0, 0.05) is 38.1 Å². The summed E-state index contributed by atoms with van der Waals surface area (Å²) in [5, 5.41) is 4.13. The summed E-state index contributed by atoms with van der Waals surface area (Å²) >= 11 is 0. The average Bonchev–Trinajstić information content (AvgIpc) is 3.38. The molecule has 0 N–H and O–H groups in total. The molecule has 5 nitrogen and oxygen atoms in total. The molecule has 2 aromatic rings. The fraction of sp³-hybridized carbons (Fsp3) is 0.579. The summed E-state index contributed by atoms with van der Waals surface area (Å²) in [6, 6.07) is 7.29. The minimum Gasteiger partial charge on any atom is -0.338 e. The zero-order valence-electron chi connectivity index (χ0n) is 14.9. The molecule has 1 aliphatic heterocycles. The first-order valence-electron chi connectivity index (χ1n) is 9.19. The summed E-state index contributed by atoms with van der Waals surface area (Å²) in [6.45, 7) is 8.22. The fourth-order valence-electron chi connectivity index (χ4n) is 3.54. The van der Waals surface area contributed by atoms with Crippen LogP contribution in [-0.4, -0.2) is 46.1 Å². The zero-order valence-corrected chi connectivity index (χ0v) is 14.9. The Morgan fingerprint density at radius 3 is 2.20 bits per heavy atom. The third kappa shape index (κ3) is 3.60. The van der Waals surface area contributed by atoms with Gasteiger partial charge in [-0.15, -0.1) is 0 Å². The number of nitrogens with zero attached hydrogens (tertiary/aromatic N) is 4. The van der Waals surface area contributed by atoms with Gasteiger partial charge in [0.25, 0.3) is 0 Å². The summed E-state index contributed by atoms with van der Waals surface area (Å²) in [6.07, 6.45) is 2.38. The molecule has 0 radical (unpaired) electrons. The van der Waals surface area contributed by atoms with Gasteiger partial charge in [-0.05, 0) is 44.4 Å². The number of halogens is 1. The maximum absolute atomic E-state index is 13.1. The molecule has 0 bridgehead atoms. The van der Waals surface area contributed by atoms with Crippen molar-refractivity contribution in [2.45, 2.75) is 44.7 Å². The van der Waals surface area contributed by atoms with Crippen LogP contribution in [0.1, 0.15) is 62.0 Å². The summed E-state index contributed by atoms with van der Waals surface area (Å²) in [5.74, 6) is 1.96. The number of aromatic nitrogens is 2. The predicted molar refractivity (Wildman–Crippen MR) is 92.6 cm³/mol. The van der Waals surface area contributed by atoms with Crippen molar-refractivity contribution in [3.63, 3.8) is 0 Å². The molecule has 2 heterocycles. The van der Waals surface area contributed by atoms with Crippen LogP contribution in [0.2, 0.25) is 0 Å². The molecular formula is C19H25FN4O. The van der Waals surface area contributed by atoms with Crippen molar-refractivity contribution in [2.24, 2.45) is 0 Å². The Morgan fingerprint density at radius 2 is 1.60 bits per heavy atom. The van der Waals surface area contributed by atoms with E-state index in [1.165, 1.54) is 25.0 Å². The van der Waals surface area contributed by atoms with E-state index in [9.17, 15) is 4.39 Å². The van der Waals surface area contributed by atoms with E-state index in [2.05, 4.69) is 33.8 Å². The first-order chi connectivity index (χ1) is 12.1. The highest BCUT2D eigenvalue weighted by Crippen LogP contribution is 2.38. The highest BCUT2D eigenvalue weighted by atomic mass is 19.1. The van der Waals surface area contributed by atoms with Crippen LogP contribution in [0.5, 0.6) is 0 Å². The van der Waals surface area contributed by atoms with Crippen LogP contribution in [0.15, 0.2) is 28.8 Å². The van der Waals surface area contributed by atoms with E-state index in [4.69, 9.17) is 4.52 Å². The molecule has 134 valence electrons. The number of piperazine rings is 1. The molecule has 2 fully saturated rings. The minimum absolute atomic E-state index is 0.156. The molecule has 2 atom stereocenters. The van der Waals surface area contributed by atoms with E-state index in [1.807, 2.05) is 12.1 Å². The van der Waals surface area contributed by atoms with Crippen LogP contribution in [0, 0.1) is 5.82 Å². The van der Waals surface area contributed by atoms with Crippen molar-refractivity contribution in [3.05, 3.63) is 47.4 Å². The van der Waals surface area contributed by atoms with Crippen molar-refractivity contribution in [3.8, 4) is 0 Å². The lowest BCUT2D eigenvalue weighted by molar-refractivity contribution is 0.0677. The quantitative estimate of drug-likeness (QED) is 0.830. The van der Waals surface area contributed by atoms with Crippen molar-refractivity contribution in [1.82, 2.24) is 19.9 Å². The summed E-state index contributed by atoms with van der Waals surface area (Å²) in [4.78, 5) is 9.43. The summed E-state index contributed by atoms with van der Waals surface area (Å²) in [7, 11) is 0. The average molecular weight is 344 g/mol. The smallest absolute Gasteiger partial charge is 0.243 e. The third-order valence-corrected chi connectivity index (χ3v) is 5.55. The predicted octanol–water partition coefficient (Wildman–Crippen LogP) is 3.53. The number of rotatable bonds is 5. The van der Waals surface area contributed by atoms with Crippen LogP contribution < -0.4 is 0 Å². The Morgan fingerprint density at radius 1 is 1.00 bits per heavy atom. The van der Waals surface area contributed by atoms with Gasteiger partial charge in [0.05, 0.1) is 6.04 Å². The lowest BCUT2D eigenvalue weighted by atomic mass is 10.1. The van der Waals surface area contributed by atoms with E-state index in [0.717, 1.165) is 43.5 Å². The van der Waals surface area contributed by atoms with Gasteiger partial charge in [-0.25, -0.2) is 4.39 Å². The Labute approximate surface area is 147 Å². The lowest BCUT2D eigenvalue weighted by Crippen LogP contribution is -2.47. The molecule has 1 saturated carbocycles. The molecule has 1 saturated heterocycles. The Hall–Kier alpha value is -1.79. The van der Waals surface area contributed by atoms with Crippen LogP contribution in [0.4, 0.5) is 4.39 Å². The molecule has 1 aromatic heterocycles. The summed E-state index contributed by atoms with van der Waals surface area (Å²) in [5.41, 5.74) is 1.16. The second-order valence-electron chi connectivity index (χ2n) is 7.24. The van der Waals surface area contributed by atoms with Crippen molar-refractivity contribution < 1.29 is 8.91 Å². The topological polar surface area (TPSA) is 45.4 Å². The van der Waals surface area contributed by atoms with E-state index in [1.54, 1.807) is 0 Å². The zero-order chi connectivity index (χ0) is 17.4. The maximum Gasteiger partial charge on any atom is 0.243 e. The molecule has 1 aromatic carbocycles. The van der Waals surface area contributed by atoms with E-state index < -0.39 is 0 Å². The second kappa shape index (κ2) is 6.84. The second-order valence-corrected chi connectivity index (χ2v) is 7.24. The highest BCUT2D eigenvalue weighted by Gasteiger charge is 2.32. The molecule has 25 heavy (non-hydrogen) atoms. The largest absolute Gasteiger partial charge is 0.338 e. The van der Waals surface area contributed by atoms with Gasteiger partial charge in [-0.1, -0.05) is 17.3 Å². The molecule has 2 aliphatic rings. The van der Waals surface area contributed by atoms with Crippen LogP contribution in [-0.2, 0) is 0 Å². The molecule has 0 amide bonds. The maximum atomic E-state index is 13.1. The van der Waals surface area contributed by atoms with E-state index in [-0.39, 0.29) is 11.9 Å². The Balaban J connectivity index is 1.34. The summed E-state index contributed by atoms with van der Waals surface area (Å²) < 4.78 is 18.6. The van der Waals surface area contributed by atoms with Crippen molar-refractivity contribution in [1.29, 1.82) is 0 Å². The van der Waals surface area contributed by atoms with Crippen molar-refractivity contribution >= 4 is 0 Å². The first-order valence-corrected chi connectivity index (χ1v) is 9.19. The van der Waals surface area contributed by atoms with Crippen LogP contribution in [0.25, 0.3) is 0 Å². The van der Waals surface area contributed by atoms with Gasteiger partial charge in [0.1, 0.15) is 5.82 Å². The van der Waals surface area contributed by atoms with Gasteiger partial charge in [-0.2, -0.15) is 4.98 Å². The monoisotopic (exact) mass is 344 g/mol. The molecule has 4 rings (SSSR count). The molecule has 0 spiro atoms. The van der Waals surface area contributed by atoms with E-state index in [0.29, 0.717) is 12.0 Å². The highest BCUT2D eigenvalue weighted by molar-refractivity contribution is 5.19. The Bertz CT molecular complexity index is 704. The SMILES string of the molecule is C[C@H](c1ccc(F)cc1)N1CCN([C@H](C)c2nc(C3CC3)no2)CC1. The molecule has 6 heteroatoms. The van der Waals surface area contributed by atoms with Crippen LogP contribution in [0.3, 0.4) is 0 Å². The third-order valence-electron chi connectivity index (χ3n) is 5.55. The molecular weight excluding hydrogens is 319 g/mol. The number of benzene rings is 1. The van der Waals surface area contributed by atoms with Gasteiger partial charge >= 0.3 is 0 Å². The normalized spacial score (nSPS) is 22.0. The van der Waals surface area contributed by atoms with Gasteiger partial charge < -0.3 is 4.52 Å². The minimum atomic E-state index is -0.181. The standard InChI is InChI=1S/C19H25FN4O/c1-13(15-5-7-17(20)8-6-15)23-9-11-24(12-10-23)14(2)19-21-18(22-25-19)16-3-4-16/h5-8,13-14,16H,3-4,9-12H2,1-2H3/t13-,14-/m1/s1. The molecule has 1 aliphatic carbocycles. The number of hydrogen-bond acceptors (Lipinski definition) is 5. The van der Waals surface area contributed by atoms with Gasteiger partial charge in [0.2, 0.25) is 5.89 Å². The lowest BCUT2D eigenvalue weighted by Gasteiger charge is -2.39. The van der Waals surface area contributed by atoms with Gasteiger partial charge in [-0.3, -0.25) is 9.80 Å². The number of hydrogen-bond donors (Lipinski definition) is 0. The van der Waals surface area contributed by atoms with Crippen LogP contribution >= 0.6 is 0 Å². The Kier molecular flexibility index (Phi) is 4.56.